The second-order valence-electron chi connectivity index (χ2n) is 10.8. The first-order chi connectivity index (χ1) is 17.2. The second kappa shape index (κ2) is 9.92. The number of benzene rings is 2. The number of piperidine rings is 1. The molecule has 5 rings (SSSR count). The third kappa shape index (κ3) is 5.61. The number of carbonyl (C=O) groups excluding carboxylic acids is 1. The Hall–Kier alpha value is -2.80. The number of halogens is 3. The van der Waals surface area contributed by atoms with Crippen molar-refractivity contribution >= 4 is 12.0 Å². The number of amides is 1. The molecule has 0 spiro atoms. The summed E-state index contributed by atoms with van der Waals surface area (Å²) in [7, 11) is 0. The molecule has 0 radical (unpaired) electrons. The fourth-order valence-corrected chi connectivity index (χ4v) is 6.23. The van der Waals surface area contributed by atoms with E-state index in [1.165, 1.54) is 37.6 Å². The Balaban J connectivity index is 1.29. The Morgan fingerprint density at radius 3 is 2.67 bits per heavy atom. The lowest BCUT2D eigenvalue weighted by atomic mass is 9.58. The lowest BCUT2D eigenvalue weighted by molar-refractivity contribution is -0.137. The molecule has 192 valence electrons. The van der Waals surface area contributed by atoms with Gasteiger partial charge in [-0.1, -0.05) is 24.3 Å². The van der Waals surface area contributed by atoms with E-state index < -0.39 is 11.7 Å². The predicted molar refractivity (Wildman–Crippen MR) is 133 cm³/mol. The van der Waals surface area contributed by atoms with Crippen molar-refractivity contribution in [2.75, 3.05) is 19.6 Å². The van der Waals surface area contributed by atoms with Crippen LogP contribution in [0.3, 0.4) is 0 Å². The van der Waals surface area contributed by atoms with Crippen LogP contribution in [-0.2, 0) is 16.4 Å². The molecule has 3 atom stereocenters. The van der Waals surface area contributed by atoms with E-state index in [0.717, 1.165) is 62.4 Å². The number of likely N-dealkylation sites (tertiary alicyclic amines) is 1. The van der Waals surface area contributed by atoms with Crippen molar-refractivity contribution in [3.63, 3.8) is 0 Å². The molecule has 1 heterocycles. The van der Waals surface area contributed by atoms with Gasteiger partial charge in [0.05, 0.1) is 5.56 Å². The zero-order chi connectivity index (χ0) is 25.3. The molecule has 4 nitrogen and oxygen atoms in total. The number of hydrogen-bond acceptors (Lipinski definition) is 3. The Labute approximate surface area is 210 Å². The third-order valence-corrected chi connectivity index (χ3v) is 8.23. The van der Waals surface area contributed by atoms with Crippen molar-refractivity contribution in [2.24, 2.45) is 11.8 Å². The monoisotopic (exact) mass is 498 g/mol. The first-order valence-electron chi connectivity index (χ1n) is 12.9. The number of aromatic hydroxyl groups is 1. The zero-order valence-corrected chi connectivity index (χ0v) is 20.3. The maximum absolute atomic E-state index is 13.0. The summed E-state index contributed by atoms with van der Waals surface area (Å²) in [5, 5.41) is 13.3. The maximum Gasteiger partial charge on any atom is 0.416 e. The Morgan fingerprint density at radius 1 is 1.11 bits per heavy atom. The van der Waals surface area contributed by atoms with Crippen LogP contribution in [0, 0.1) is 11.8 Å². The normalized spacial score (nSPS) is 27.1. The summed E-state index contributed by atoms with van der Waals surface area (Å²) in [4.78, 5) is 15.3. The van der Waals surface area contributed by atoms with E-state index >= 15 is 0 Å². The van der Waals surface area contributed by atoms with Crippen LogP contribution in [0.1, 0.15) is 55.2 Å². The Morgan fingerprint density at radius 2 is 1.92 bits per heavy atom. The number of phenolic OH excluding ortho intramolecular Hbond substituents is 1. The van der Waals surface area contributed by atoms with Gasteiger partial charge in [0, 0.05) is 30.6 Å². The van der Waals surface area contributed by atoms with Crippen molar-refractivity contribution in [1.82, 2.24) is 10.2 Å². The molecule has 1 saturated heterocycles. The smallest absolute Gasteiger partial charge is 0.416 e. The van der Waals surface area contributed by atoms with Gasteiger partial charge >= 0.3 is 6.18 Å². The van der Waals surface area contributed by atoms with Crippen LogP contribution in [0.15, 0.2) is 54.6 Å². The van der Waals surface area contributed by atoms with Gasteiger partial charge in [-0.05, 0) is 98.4 Å². The van der Waals surface area contributed by atoms with Crippen LogP contribution in [-0.4, -0.2) is 41.6 Å². The second-order valence-corrected chi connectivity index (χ2v) is 10.8. The van der Waals surface area contributed by atoms with Crippen molar-refractivity contribution in [3.05, 3.63) is 71.3 Å². The molecular formula is C29H33F3N2O2. The molecule has 7 heteroatoms. The minimum Gasteiger partial charge on any atom is -0.508 e. The van der Waals surface area contributed by atoms with Crippen molar-refractivity contribution in [3.8, 4) is 5.75 Å². The van der Waals surface area contributed by atoms with Crippen LogP contribution in [0.5, 0.6) is 5.75 Å². The number of carbonyl (C=O) groups is 1. The highest BCUT2D eigenvalue weighted by Gasteiger charge is 2.48. The summed E-state index contributed by atoms with van der Waals surface area (Å²) in [5.74, 6) is 1.27. The Kier molecular flexibility index (Phi) is 6.86. The molecule has 2 N–H and O–H groups in total. The third-order valence-electron chi connectivity index (χ3n) is 8.23. The van der Waals surface area contributed by atoms with Gasteiger partial charge in [0.25, 0.3) is 0 Å². The molecular weight excluding hydrogens is 465 g/mol. The van der Waals surface area contributed by atoms with Crippen molar-refractivity contribution in [1.29, 1.82) is 0 Å². The number of phenols is 1. The highest BCUT2D eigenvalue weighted by molar-refractivity contribution is 5.92. The number of fused-ring (bicyclic) bond motifs is 1. The van der Waals surface area contributed by atoms with E-state index in [4.69, 9.17) is 0 Å². The maximum atomic E-state index is 13.0. The van der Waals surface area contributed by atoms with E-state index in [-0.39, 0.29) is 23.1 Å². The molecule has 1 amide bonds. The van der Waals surface area contributed by atoms with E-state index in [1.54, 1.807) is 12.1 Å². The number of hydrogen-bond donors (Lipinski definition) is 2. The summed E-state index contributed by atoms with van der Waals surface area (Å²) in [6.07, 6.45) is 4.63. The summed E-state index contributed by atoms with van der Waals surface area (Å²) >= 11 is 0. The minimum atomic E-state index is -4.42. The molecule has 1 aliphatic heterocycles. The highest BCUT2D eigenvalue weighted by atomic mass is 19.4. The van der Waals surface area contributed by atoms with Gasteiger partial charge in [0.1, 0.15) is 5.75 Å². The van der Waals surface area contributed by atoms with E-state index in [2.05, 4.69) is 16.3 Å². The average molecular weight is 499 g/mol. The average Bonchev–Trinajstić information content (AvgIpc) is 3.66. The topological polar surface area (TPSA) is 52.6 Å². The highest BCUT2D eigenvalue weighted by Crippen LogP contribution is 2.50. The lowest BCUT2D eigenvalue weighted by Gasteiger charge is -2.53. The van der Waals surface area contributed by atoms with E-state index in [1.807, 2.05) is 12.1 Å². The molecule has 0 bridgehead atoms. The molecule has 0 aromatic heterocycles. The van der Waals surface area contributed by atoms with E-state index in [0.29, 0.717) is 11.5 Å². The van der Waals surface area contributed by atoms with E-state index in [9.17, 15) is 23.1 Å². The lowest BCUT2D eigenvalue weighted by Crippen LogP contribution is -2.56. The van der Waals surface area contributed by atoms with Gasteiger partial charge in [-0.15, -0.1) is 0 Å². The molecule has 2 aliphatic carbocycles. The van der Waals surface area contributed by atoms with Crippen molar-refractivity contribution in [2.45, 2.75) is 56.2 Å². The van der Waals surface area contributed by atoms with Gasteiger partial charge in [-0.3, -0.25) is 4.79 Å². The number of alkyl halides is 3. The standard InChI is InChI=1S/C29H33F3N2O2/c30-29(31,32)23-5-1-3-20(15-23)9-12-27(36)33-25-11-10-24-19-34(18-21-7-8-21)14-13-28(24,17-25)22-4-2-6-26(35)16-22/h1-6,9,12,15-16,21,24-25,35H,7-8,10-11,13-14,17-19H2,(H,33,36)/b12-9+. The molecule has 2 saturated carbocycles. The van der Waals surface area contributed by atoms with Gasteiger partial charge in [0.15, 0.2) is 0 Å². The summed E-state index contributed by atoms with van der Waals surface area (Å²) in [6.45, 7) is 3.23. The van der Waals surface area contributed by atoms with Gasteiger partial charge in [-0.25, -0.2) is 0 Å². The van der Waals surface area contributed by atoms with Crippen LogP contribution in [0.25, 0.3) is 6.08 Å². The minimum absolute atomic E-state index is 0.0303. The Bertz CT molecular complexity index is 1130. The molecule has 2 aromatic rings. The van der Waals surface area contributed by atoms with Crippen LogP contribution in [0.4, 0.5) is 13.2 Å². The van der Waals surface area contributed by atoms with Crippen molar-refractivity contribution < 1.29 is 23.1 Å². The van der Waals surface area contributed by atoms with Crippen LogP contribution >= 0.6 is 0 Å². The summed E-state index contributed by atoms with van der Waals surface area (Å²) in [5.41, 5.74) is 0.629. The predicted octanol–water partition coefficient (Wildman–Crippen LogP) is 5.76. The van der Waals surface area contributed by atoms with Crippen LogP contribution < -0.4 is 5.32 Å². The van der Waals surface area contributed by atoms with Gasteiger partial charge < -0.3 is 15.3 Å². The molecule has 36 heavy (non-hydrogen) atoms. The van der Waals surface area contributed by atoms with Gasteiger partial charge in [-0.2, -0.15) is 13.2 Å². The first kappa shape index (κ1) is 24.9. The van der Waals surface area contributed by atoms with Gasteiger partial charge in [0.2, 0.25) is 5.91 Å². The molecule has 3 aliphatic rings. The molecule has 3 unspecified atom stereocenters. The quantitative estimate of drug-likeness (QED) is 0.498. The van der Waals surface area contributed by atoms with Crippen LogP contribution in [0.2, 0.25) is 0 Å². The number of nitrogens with one attached hydrogen (secondary N) is 1. The fraction of sp³-hybridized carbons (Fsp3) is 0.483. The number of nitrogens with zero attached hydrogens (tertiary/aromatic N) is 1. The fourth-order valence-electron chi connectivity index (χ4n) is 6.23. The first-order valence-corrected chi connectivity index (χ1v) is 12.9. The molecule has 3 fully saturated rings. The summed E-state index contributed by atoms with van der Waals surface area (Å²) < 4.78 is 38.9. The molecule has 2 aromatic carbocycles. The zero-order valence-electron chi connectivity index (χ0n) is 20.3. The summed E-state index contributed by atoms with van der Waals surface area (Å²) in [6, 6.07) is 12.5. The SMILES string of the molecule is O=C(/C=C/c1cccc(C(F)(F)F)c1)NC1CCC2CN(CC3CC3)CCC2(c2cccc(O)c2)C1. The largest absolute Gasteiger partial charge is 0.508 e. The number of rotatable bonds is 6.